The predicted octanol–water partition coefficient (Wildman–Crippen LogP) is 5.30. The van der Waals surface area contributed by atoms with Gasteiger partial charge in [0.25, 0.3) is 15.9 Å². The van der Waals surface area contributed by atoms with Crippen molar-refractivity contribution >= 4 is 27.3 Å². The summed E-state index contributed by atoms with van der Waals surface area (Å²) in [6.45, 7) is 8.09. The fourth-order valence-electron chi connectivity index (χ4n) is 6.95. The van der Waals surface area contributed by atoms with Crippen LogP contribution in [0, 0.1) is 11.3 Å². The molecular formula is C38H41N5O7S. The van der Waals surface area contributed by atoms with E-state index in [1.807, 2.05) is 17.9 Å². The van der Waals surface area contributed by atoms with Crippen LogP contribution in [0.3, 0.4) is 0 Å². The molecule has 0 bridgehead atoms. The number of carbonyl (C=O) groups excluding carboxylic acids is 1. The van der Waals surface area contributed by atoms with Crippen LogP contribution in [-0.2, 0) is 20.4 Å². The van der Waals surface area contributed by atoms with Crippen LogP contribution in [0.2, 0.25) is 0 Å². The maximum Gasteiger partial charge on any atom is 0.274 e. The first-order valence-corrected chi connectivity index (χ1v) is 18.1. The van der Waals surface area contributed by atoms with Gasteiger partial charge in [0.05, 0.1) is 45.3 Å². The summed E-state index contributed by atoms with van der Waals surface area (Å²) < 4.78 is 53.1. The molecule has 0 N–H and O–H groups in total. The van der Waals surface area contributed by atoms with Gasteiger partial charge < -0.3 is 23.8 Å². The molecule has 0 radical (unpaired) electrons. The van der Waals surface area contributed by atoms with E-state index >= 15 is 4.79 Å². The van der Waals surface area contributed by atoms with Crippen LogP contribution >= 0.6 is 0 Å². The second-order valence-corrected chi connectivity index (χ2v) is 14.3. The molecule has 1 aromatic heterocycles. The van der Waals surface area contributed by atoms with Gasteiger partial charge >= 0.3 is 0 Å². The highest BCUT2D eigenvalue weighted by atomic mass is 32.2. The van der Waals surface area contributed by atoms with Gasteiger partial charge in [-0.25, -0.2) is 12.7 Å². The first kappa shape index (κ1) is 35.5. The zero-order valence-corrected chi connectivity index (χ0v) is 30.4. The molecule has 1 unspecified atom stereocenters. The lowest BCUT2D eigenvalue weighted by Crippen LogP contribution is -2.60. The standard InChI is InChI=1S/C38H41N5O7S/c1-7-50-34-12-9-28(47-4)22-31(34)38(42-18-16-41(17-19-42)27-14-15-40-32(21-27)25(2)3)30-20-26(24-39)8-11-33(30)43(37(38)44)51(45,46)36-13-10-29(48-5)23-35(36)49-6/h8-15,20-23,25H,7,16-19H2,1-6H3. The molecule has 4 aromatic rings. The number of rotatable bonds is 11. The van der Waals surface area contributed by atoms with Crippen molar-refractivity contribution in [3.8, 4) is 29.1 Å². The number of nitriles is 1. The molecule has 13 heteroatoms. The highest BCUT2D eigenvalue weighted by molar-refractivity contribution is 7.93. The Labute approximate surface area is 298 Å². The number of benzene rings is 3. The Morgan fingerprint density at radius 1 is 0.863 bits per heavy atom. The summed E-state index contributed by atoms with van der Waals surface area (Å²) in [5.74, 6) is 0.751. The van der Waals surface area contributed by atoms with Crippen molar-refractivity contribution in [2.24, 2.45) is 0 Å². The highest BCUT2D eigenvalue weighted by Gasteiger charge is 2.61. The average Bonchev–Trinajstić information content (AvgIpc) is 3.42. The second-order valence-electron chi connectivity index (χ2n) is 12.5. The molecule has 6 rings (SSSR count). The van der Waals surface area contributed by atoms with E-state index in [0.717, 1.165) is 15.7 Å². The number of pyridine rings is 1. The maximum atomic E-state index is 15.6. The van der Waals surface area contributed by atoms with Gasteiger partial charge in [-0.2, -0.15) is 5.26 Å². The number of piperazine rings is 1. The molecule has 12 nitrogen and oxygen atoms in total. The van der Waals surface area contributed by atoms with Gasteiger partial charge in [0, 0.05) is 61.0 Å². The topological polar surface area (TPSA) is 135 Å². The van der Waals surface area contributed by atoms with Crippen LogP contribution in [0.5, 0.6) is 23.0 Å². The third kappa shape index (κ3) is 5.98. The minimum atomic E-state index is -4.61. The highest BCUT2D eigenvalue weighted by Crippen LogP contribution is 2.54. The third-order valence-electron chi connectivity index (χ3n) is 9.47. The summed E-state index contributed by atoms with van der Waals surface area (Å²) in [7, 11) is -0.266. The summed E-state index contributed by atoms with van der Waals surface area (Å²) in [6, 6.07) is 20.4. The van der Waals surface area contributed by atoms with Crippen molar-refractivity contribution in [3.05, 3.63) is 95.3 Å². The molecule has 2 aliphatic heterocycles. The summed E-state index contributed by atoms with van der Waals surface area (Å²) in [5.41, 5.74) is 1.40. The fraction of sp³-hybridized carbons (Fsp3) is 0.342. The Morgan fingerprint density at radius 2 is 1.57 bits per heavy atom. The number of methoxy groups -OCH3 is 3. The molecule has 1 amide bonds. The normalized spacial score (nSPS) is 17.6. The van der Waals surface area contributed by atoms with Crippen LogP contribution in [0.1, 0.15) is 49.1 Å². The lowest BCUT2D eigenvalue weighted by molar-refractivity contribution is -0.127. The molecule has 0 spiro atoms. The molecule has 266 valence electrons. The Bertz CT molecular complexity index is 2110. The predicted molar refractivity (Wildman–Crippen MR) is 192 cm³/mol. The molecule has 3 aromatic carbocycles. The molecular weight excluding hydrogens is 671 g/mol. The van der Waals surface area contributed by atoms with Crippen molar-refractivity contribution in [2.75, 3.05) is 63.3 Å². The molecule has 0 saturated carbocycles. The third-order valence-corrected chi connectivity index (χ3v) is 11.2. The summed E-state index contributed by atoms with van der Waals surface area (Å²) in [5, 5.41) is 10.1. The molecule has 0 aliphatic carbocycles. The second kappa shape index (κ2) is 14.1. The van der Waals surface area contributed by atoms with Crippen LogP contribution in [0.4, 0.5) is 11.4 Å². The van der Waals surface area contributed by atoms with Gasteiger partial charge in [0.15, 0.2) is 5.54 Å². The van der Waals surface area contributed by atoms with Gasteiger partial charge in [-0.3, -0.25) is 14.7 Å². The number of ether oxygens (including phenoxy) is 4. The SMILES string of the molecule is CCOc1ccc(OC)cc1C1(N2CCN(c3ccnc(C(C)C)c3)CC2)C(=O)N(S(=O)(=O)c2ccc(OC)cc2OC)c2ccc(C#N)cc21. The van der Waals surface area contributed by atoms with E-state index in [4.69, 9.17) is 18.9 Å². The fourth-order valence-corrected chi connectivity index (χ4v) is 8.56. The summed E-state index contributed by atoms with van der Waals surface area (Å²) in [6.07, 6.45) is 1.81. The Hall–Kier alpha value is -5.32. The lowest BCUT2D eigenvalue weighted by Gasteiger charge is -2.46. The van der Waals surface area contributed by atoms with Crippen molar-refractivity contribution < 1.29 is 32.2 Å². The van der Waals surface area contributed by atoms with Gasteiger partial charge in [-0.05, 0) is 73.5 Å². The average molecular weight is 712 g/mol. The molecule has 1 saturated heterocycles. The van der Waals surface area contributed by atoms with E-state index < -0.39 is 21.5 Å². The number of hydrogen-bond acceptors (Lipinski definition) is 11. The van der Waals surface area contributed by atoms with E-state index in [-0.39, 0.29) is 34.4 Å². The number of anilines is 2. The Balaban J connectivity index is 1.58. The monoisotopic (exact) mass is 711 g/mol. The Morgan fingerprint density at radius 3 is 2.22 bits per heavy atom. The van der Waals surface area contributed by atoms with Crippen LogP contribution < -0.4 is 28.2 Å². The van der Waals surface area contributed by atoms with E-state index in [0.29, 0.717) is 54.6 Å². The Kier molecular flexibility index (Phi) is 9.83. The number of hydrogen-bond donors (Lipinski definition) is 0. The molecule has 3 heterocycles. The van der Waals surface area contributed by atoms with E-state index in [9.17, 15) is 13.7 Å². The number of nitrogens with zero attached hydrogens (tertiary/aromatic N) is 5. The zero-order valence-electron chi connectivity index (χ0n) is 29.5. The number of carbonyl (C=O) groups is 1. The molecule has 1 fully saturated rings. The first-order valence-electron chi connectivity index (χ1n) is 16.7. The molecule has 51 heavy (non-hydrogen) atoms. The van der Waals surface area contributed by atoms with Crippen molar-refractivity contribution in [3.63, 3.8) is 0 Å². The van der Waals surface area contributed by atoms with Crippen LogP contribution in [-0.4, -0.2) is 78.3 Å². The molecule has 1 atom stereocenters. The van der Waals surface area contributed by atoms with Crippen molar-refractivity contribution in [2.45, 2.75) is 37.1 Å². The lowest BCUT2D eigenvalue weighted by atomic mass is 9.80. The van der Waals surface area contributed by atoms with Crippen LogP contribution in [0.15, 0.2) is 77.8 Å². The number of aromatic nitrogens is 1. The minimum absolute atomic E-state index is 0.0120. The quantitative estimate of drug-likeness (QED) is 0.201. The zero-order chi connectivity index (χ0) is 36.5. The number of amides is 1. The maximum absolute atomic E-state index is 15.6. The van der Waals surface area contributed by atoms with Gasteiger partial charge in [-0.15, -0.1) is 0 Å². The number of sulfonamides is 1. The van der Waals surface area contributed by atoms with Gasteiger partial charge in [0.1, 0.15) is 27.9 Å². The minimum Gasteiger partial charge on any atom is -0.497 e. The largest absolute Gasteiger partial charge is 0.497 e. The summed E-state index contributed by atoms with van der Waals surface area (Å²) >= 11 is 0. The summed E-state index contributed by atoms with van der Waals surface area (Å²) in [4.78, 5) is 24.1. The smallest absolute Gasteiger partial charge is 0.274 e. The van der Waals surface area contributed by atoms with E-state index in [2.05, 4.69) is 35.9 Å². The number of fused-ring (bicyclic) bond motifs is 1. The van der Waals surface area contributed by atoms with Crippen LogP contribution in [0.25, 0.3) is 0 Å². The van der Waals surface area contributed by atoms with Gasteiger partial charge in [-0.1, -0.05) is 13.8 Å². The van der Waals surface area contributed by atoms with Crippen molar-refractivity contribution in [1.29, 1.82) is 5.26 Å². The molecule has 2 aliphatic rings. The van der Waals surface area contributed by atoms with Gasteiger partial charge in [0.2, 0.25) is 0 Å². The first-order chi connectivity index (χ1) is 24.5. The van der Waals surface area contributed by atoms with E-state index in [1.54, 1.807) is 30.5 Å². The van der Waals surface area contributed by atoms with E-state index in [1.165, 1.54) is 51.7 Å². The van der Waals surface area contributed by atoms with Crippen molar-refractivity contribution in [1.82, 2.24) is 9.88 Å².